The van der Waals surface area contributed by atoms with Crippen molar-refractivity contribution >= 4 is 32.9 Å². The van der Waals surface area contributed by atoms with Gasteiger partial charge in [0.2, 0.25) is 0 Å². The van der Waals surface area contributed by atoms with E-state index in [-0.39, 0.29) is 4.21 Å². The van der Waals surface area contributed by atoms with Crippen LogP contribution in [0.15, 0.2) is 33.9 Å². The minimum Gasteiger partial charge on any atom is -0.384 e. The molecule has 3 N–H and O–H groups in total. The maximum Gasteiger partial charge on any atom is 0.271 e. The van der Waals surface area contributed by atoms with Gasteiger partial charge in [0, 0.05) is 0 Å². The average molecular weight is 269 g/mol. The molecule has 0 aliphatic heterocycles. The summed E-state index contributed by atoms with van der Waals surface area (Å²) in [5.74, 6) is 0.363. The Morgan fingerprint density at radius 3 is 2.71 bits per heavy atom. The molecule has 0 radical (unpaired) electrons. The van der Waals surface area contributed by atoms with E-state index >= 15 is 0 Å². The number of sulfonamides is 1. The molecule has 0 atom stereocenters. The molecule has 2 aromatic rings. The monoisotopic (exact) mass is 269 g/mol. The lowest BCUT2D eigenvalue weighted by molar-refractivity contribution is 0.603. The van der Waals surface area contributed by atoms with E-state index in [4.69, 9.17) is 5.73 Å². The van der Waals surface area contributed by atoms with Gasteiger partial charge in [-0.25, -0.2) is 13.4 Å². The van der Waals surface area contributed by atoms with Crippen LogP contribution in [0.1, 0.15) is 5.69 Å². The molecule has 0 spiro atoms. The second kappa shape index (κ2) is 4.34. The Hall–Kier alpha value is -1.60. The number of nitrogens with one attached hydrogen (secondary N) is 1. The number of hydrogen-bond donors (Lipinski definition) is 2. The molecule has 2 heterocycles. The van der Waals surface area contributed by atoms with Gasteiger partial charge in [0.15, 0.2) is 0 Å². The number of nitrogen functional groups attached to an aromatic ring is 1. The molecule has 0 amide bonds. The number of nitrogens with zero attached hydrogens (tertiary/aromatic N) is 1. The van der Waals surface area contributed by atoms with Gasteiger partial charge in [0.25, 0.3) is 10.0 Å². The fourth-order valence-electron chi connectivity index (χ4n) is 1.30. The predicted molar refractivity (Wildman–Crippen MR) is 68.5 cm³/mol. The lowest BCUT2D eigenvalue weighted by Crippen LogP contribution is -2.13. The van der Waals surface area contributed by atoms with Crippen molar-refractivity contribution in [2.75, 3.05) is 10.5 Å². The van der Waals surface area contributed by atoms with E-state index in [9.17, 15) is 8.42 Å². The summed E-state index contributed by atoms with van der Waals surface area (Å²) in [6.45, 7) is 1.70. The molecule has 2 rings (SSSR count). The number of hydrogen-bond acceptors (Lipinski definition) is 5. The first-order chi connectivity index (χ1) is 7.99. The van der Waals surface area contributed by atoms with Crippen LogP contribution in [0.3, 0.4) is 0 Å². The minimum atomic E-state index is -3.52. The van der Waals surface area contributed by atoms with Gasteiger partial charge >= 0.3 is 0 Å². The topological polar surface area (TPSA) is 85.1 Å². The van der Waals surface area contributed by atoms with Crippen LogP contribution in [0.4, 0.5) is 11.5 Å². The second-order valence-electron chi connectivity index (χ2n) is 3.41. The maximum absolute atomic E-state index is 11.9. The second-order valence-corrected chi connectivity index (χ2v) is 6.26. The normalized spacial score (nSPS) is 11.4. The van der Waals surface area contributed by atoms with Crippen LogP contribution in [-0.2, 0) is 10.0 Å². The van der Waals surface area contributed by atoms with E-state index < -0.39 is 10.0 Å². The van der Waals surface area contributed by atoms with Crippen LogP contribution in [0, 0.1) is 6.92 Å². The van der Waals surface area contributed by atoms with Crippen molar-refractivity contribution in [3.05, 3.63) is 35.3 Å². The van der Waals surface area contributed by atoms with Crippen molar-refractivity contribution in [2.45, 2.75) is 11.1 Å². The Morgan fingerprint density at radius 1 is 1.35 bits per heavy atom. The first-order valence-corrected chi connectivity index (χ1v) is 7.15. The number of nitrogens with two attached hydrogens (primary N) is 1. The molecular weight excluding hydrogens is 258 g/mol. The zero-order valence-electron chi connectivity index (χ0n) is 9.04. The summed E-state index contributed by atoms with van der Waals surface area (Å²) >= 11 is 1.16. The van der Waals surface area contributed by atoms with Crippen molar-refractivity contribution in [1.29, 1.82) is 0 Å². The quantitative estimate of drug-likeness (QED) is 0.890. The van der Waals surface area contributed by atoms with E-state index in [1.807, 2.05) is 0 Å². The van der Waals surface area contributed by atoms with Crippen LogP contribution in [0.2, 0.25) is 0 Å². The maximum atomic E-state index is 11.9. The lowest BCUT2D eigenvalue weighted by Gasteiger charge is -2.08. The SMILES string of the molecule is Cc1nc(N)ccc1NS(=O)(=O)c1cccs1. The molecule has 0 aliphatic carbocycles. The number of thiophene rings is 1. The first-order valence-electron chi connectivity index (χ1n) is 4.78. The summed E-state index contributed by atoms with van der Waals surface area (Å²) in [6, 6.07) is 6.39. The molecule has 2 aromatic heterocycles. The summed E-state index contributed by atoms with van der Waals surface area (Å²) in [5, 5.41) is 1.71. The number of aryl methyl sites for hydroxylation is 1. The third-order valence-electron chi connectivity index (χ3n) is 2.11. The molecule has 0 fully saturated rings. The van der Waals surface area contributed by atoms with E-state index in [1.54, 1.807) is 36.6 Å². The first kappa shape index (κ1) is 11.9. The number of rotatable bonds is 3. The van der Waals surface area contributed by atoms with Crippen LogP contribution >= 0.6 is 11.3 Å². The molecule has 0 aromatic carbocycles. The van der Waals surface area contributed by atoms with Gasteiger partial charge in [0.05, 0.1) is 11.4 Å². The fraction of sp³-hybridized carbons (Fsp3) is 0.100. The smallest absolute Gasteiger partial charge is 0.271 e. The number of pyridine rings is 1. The van der Waals surface area contributed by atoms with Crippen molar-refractivity contribution in [1.82, 2.24) is 4.98 Å². The van der Waals surface area contributed by atoms with Crippen molar-refractivity contribution in [2.24, 2.45) is 0 Å². The predicted octanol–water partition coefficient (Wildman–Crippen LogP) is 1.83. The summed E-state index contributed by atoms with van der Waals surface area (Å²) in [6.07, 6.45) is 0. The highest BCUT2D eigenvalue weighted by atomic mass is 32.2. The zero-order valence-corrected chi connectivity index (χ0v) is 10.7. The van der Waals surface area contributed by atoms with E-state index in [0.29, 0.717) is 17.2 Å². The number of anilines is 2. The third-order valence-corrected chi connectivity index (χ3v) is 4.87. The van der Waals surface area contributed by atoms with Crippen molar-refractivity contribution in [3.8, 4) is 0 Å². The number of aromatic nitrogens is 1. The van der Waals surface area contributed by atoms with Gasteiger partial charge in [-0.2, -0.15) is 0 Å². The molecule has 0 saturated heterocycles. The van der Waals surface area contributed by atoms with Crippen LogP contribution < -0.4 is 10.5 Å². The molecule has 90 valence electrons. The Morgan fingerprint density at radius 2 is 2.12 bits per heavy atom. The molecular formula is C10H11N3O2S2. The van der Waals surface area contributed by atoms with Crippen LogP contribution in [0.25, 0.3) is 0 Å². The lowest BCUT2D eigenvalue weighted by atomic mass is 10.3. The molecule has 0 aliphatic rings. The van der Waals surface area contributed by atoms with E-state index in [1.165, 1.54) is 0 Å². The highest BCUT2D eigenvalue weighted by molar-refractivity contribution is 7.94. The van der Waals surface area contributed by atoms with Gasteiger partial charge < -0.3 is 5.73 Å². The summed E-state index contributed by atoms with van der Waals surface area (Å²) in [5.41, 5.74) is 6.48. The van der Waals surface area contributed by atoms with Crippen molar-refractivity contribution < 1.29 is 8.42 Å². The van der Waals surface area contributed by atoms with E-state index in [0.717, 1.165) is 11.3 Å². The Kier molecular flexibility index (Phi) is 3.03. The Labute approximate surface area is 103 Å². The summed E-state index contributed by atoms with van der Waals surface area (Å²) in [7, 11) is -3.52. The average Bonchev–Trinajstić information content (AvgIpc) is 2.76. The summed E-state index contributed by atoms with van der Waals surface area (Å²) < 4.78 is 26.6. The highest BCUT2D eigenvalue weighted by Crippen LogP contribution is 2.22. The molecule has 0 unspecified atom stereocenters. The standard InChI is InChI=1S/C10H11N3O2S2/c1-7-8(4-5-9(11)12-7)13-17(14,15)10-3-2-6-16-10/h2-6,13H,1H3,(H2,11,12). The van der Waals surface area contributed by atoms with Gasteiger partial charge in [0.1, 0.15) is 10.0 Å². The van der Waals surface area contributed by atoms with Gasteiger partial charge in [-0.3, -0.25) is 4.72 Å². The zero-order chi connectivity index (χ0) is 12.5. The van der Waals surface area contributed by atoms with Crippen LogP contribution in [0.5, 0.6) is 0 Å². The van der Waals surface area contributed by atoms with Crippen molar-refractivity contribution in [3.63, 3.8) is 0 Å². The molecule has 7 heteroatoms. The fourth-order valence-corrected chi connectivity index (χ4v) is 3.41. The molecule has 5 nitrogen and oxygen atoms in total. The molecule has 17 heavy (non-hydrogen) atoms. The molecule has 0 saturated carbocycles. The van der Waals surface area contributed by atoms with Gasteiger partial charge in [-0.1, -0.05) is 6.07 Å². The van der Waals surface area contributed by atoms with Gasteiger partial charge in [-0.05, 0) is 30.5 Å². The van der Waals surface area contributed by atoms with Gasteiger partial charge in [-0.15, -0.1) is 11.3 Å². The van der Waals surface area contributed by atoms with E-state index in [2.05, 4.69) is 9.71 Å². The largest absolute Gasteiger partial charge is 0.384 e. The Bertz CT molecular complexity index is 621. The summed E-state index contributed by atoms with van der Waals surface area (Å²) in [4.78, 5) is 3.99. The highest BCUT2D eigenvalue weighted by Gasteiger charge is 2.16. The third kappa shape index (κ3) is 2.56. The molecule has 0 bridgehead atoms. The van der Waals surface area contributed by atoms with Crippen LogP contribution in [-0.4, -0.2) is 13.4 Å². The Balaban J connectivity index is 2.33. The minimum absolute atomic E-state index is 0.272.